The summed E-state index contributed by atoms with van der Waals surface area (Å²) in [5.41, 5.74) is -0.118. The van der Waals surface area contributed by atoms with Gasteiger partial charge in [-0.1, -0.05) is 37.3 Å². The van der Waals surface area contributed by atoms with Crippen LogP contribution in [0.2, 0.25) is 0 Å². The summed E-state index contributed by atoms with van der Waals surface area (Å²) in [6, 6.07) is 9.81. The summed E-state index contributed by atoms with van der Waals surface area (Å²) in [7, 11) is 0. The number of hydrogen-bond donors (Lipinski definition) is 1. The van der Waals surface area contributed by atoms with Gasteiger partial charge in [0, 0.05) is 13.0 Å². The molecule has 2 rings (SSSR count). The zero-order chi connectivity index (χ0) is 16.0. The van der Waals surface area contributed by atoms with Gasteiger partial charge in [0.1, 0.15) is 6.10 Å². The zero-order valence-electron chi connectivity index (χ0n) is 13.2. The normalized spacial score (nSPS) is 24.8. The van der Waals surface area contributed by atoms with Crippen molar-refractivity contribution in [2.75, 3.05) is 13.2 Å². The van der Waals surface area contributed by atoms with Crippen LogP contribution in [0.25, 0.3) is 0 Å². The van der Waals surface area contributed by atoms with Gasteiger partial charge in [-0.3, -0.25) is 0 Å². The van der Waals surface area contributed by atoms with Crippen molar-refractivity contribution in [2.45, 2.75) is 51.1 Å². The van der Waals surface area contributed by atoms with Crippen LogP contribution in [0.1, 0.15) is 32.3 Å². The number of aliphatic hydroxyl groups is 1. The van der Waals surface area contributed by atoms with E-state index in [2.05, 4.69) is 0 Å². The molecule has 1 aromatic rings. The Balaban J connectivity index is 1.80. The molecule has 1 aliphatic heterocycles. The minimum atomic E-state index is -1.19. The van der Waals surface area contributed by atoms with E-state index in [1.807, 2.05) is 37.3 Å². The van der Waals surface area contributed by atoms with Gasteiger partial charge < -0.3 is 19.3 Å². The Kier molecular flexibility index (Phi) is 5.94. The second kappa shape index (κ2) is 7.72. The Labute approximate surface area is 131 Å². The zero-order valence-corrected chi connectivity index (χ0v) is 13.2. The van der Waals surface area contributed by atoms with E-state index >= 15 is 0 Å². The molecule has 0 saturated carbocycles. The molecule has 3 atom stereocenters. The van der Waals surface area contributed by atoms with Gasteiger partial charge in [0.2, 0.25) is 5.60 Å². The van der Waals surface area contributed by atoms with E-state index in [0.717, 1.165) is 5.56 Å². The van der Waals surface area contributed by atoms with Crippen molar-refractivity contribution >= 4 is 5.97 Å². The van der Waals surface area contributed by atoms with Crippen molar-refractivity contribution in [1.82, 2.24) is 0 Å². The fraction of sp³-hybridized carbons (Fsp3) is 0.588. The monoisotopic (exact) mass is 308 g/mol. The number of esters is 1. The highest BCUT2D eigenvalue weighted by Crippen LogP contribution is 2.44. The van der Waals surface area contributed by atoms with Crippen molar-refractivity contribution in [2.24, 2.45) is 0 Å². The molecule has 5 heteroatoms. The van der Waals surface area contributed by atoms with Crippen LogP contribution < -0.4 is 0 Å². The van der Waals surface area contributed by atoms with E-state index in [1.54, 1.807) is 6.92 Å². The molecule has 0 spiro atoms. The largest absolute Gasteiger partial charge is 0.464 e. The number of benzene rings is 1. The van der Waals surface area contributed by atoms with Crippen LogP contribution in [0, 0.1) is 0 Å². The molecule has 1 aromatic carbocycles. The molecule has 122 valence electrons. The highest BCUT2D eigenvalue weighted by molar-refractivity contribution is 5.84. The van der Waals surface area contributed by atoms with Crippen molar-refractivity contribution in [1.29, 1.82) is 0 Å². The maximum atomic E-state index is 12.0. The molecule has 0 aromatic heterocycles. The summed E-state index contributed by atoms with van der Waals surface area (Å²) >= 11 is 0. The first-order valence-electron chi connectivity index (χ1n) is 7.79. The first-order valence-corrected chi connectivity index (χ1v) is 7.79. The Morgan fingerprint density at radius 1 is 1.36 bits per heavy atom. The summed E-state index contributed by atoms with van der Waals surface area (Å²) in [5.74, 6) is -0.475. The summed E-state index contributed by atoms with van der Waals surface area (Å²) in [6.45, 7) is 4.78. The summed E-state index contributed by atoms with van der Waals surface area (Å²) in [4.78, 5) is 12.0. The van der Waals surface area contributed by atoms with Gasteiger partial charge in [-0.2, -0.15) is 0 Å². The number of ether oxygens (including phenoxy) is 3. The van der Waals surface area contributed by atoms with E-state index in [-0.39, 0.29) is 12.7 Å². The Bertz CT molecular complexity index is 475. The van der Waals surface area contributed by atoms with Crippen LogP contribution in [-0.4, -0.2) is 42.1 Å². The highest BCUT2D eigenvalue weighted by Gasteiger charge is 2.67. The fourth-order valence-electron chi connectivity index (χ4n) is 2.61. The lowest BCUT2D eigenvalue weighted by Crippen LogP contribution is -2.42. The van der Waals surface area contributed by atoms with Crippen LogP contribution in [-0.2, 0) is 25.6 Å². The molecule has 1 saturated heterocycles. The van der Waals surface area contributed by atoms with E-state index < -0.39 is 17.7 Å². The summed E-state index contributed by atoms with van der Waals surface area (Å²) in [5, 5.41) is 10.3. The third-order valence-corrected chi connectivity index (χ3v) is 3.87. The van der Waals surface area contributed by atoms with Gasteiger partial charge in [-0.25, -0.2) is 4.79 Å². The van der Waals surface area contributed by atoms with Crippen molar-refractivity contribution < 1.29 is 24.1 Å². The summed E-state index contributed by atoms with van der Waals surface area (Å²) in [6.07, 6.45) is -0.175. The molecular weight excluding hydrogens is 284 g/mol. The molecule has 0 radical (unpaired) electrons. The molecule has 0 bridgehead atoms. The van der Waals surface area contributed by atoms with Crippen LogP contribution in [0.15, 0.2) is 30.3 Å². The van der Waals surface area contributed by atoms with Gasteiger partial charge >= 0.3 is 5.97 Å². The SMILES string of the molecule is CCOC(=O)[C@@]1([C@@H](O)CCOCc2ccccc2)OC1CC. The number of epoxide rings is 1. The lowest BCUT2D eigenvalue weighted by atomic mass is 9.94. The van der Waals surface area contributed by atoms with Gasteiger partial charge in [-0.05, 0) is 18.9 Å². The lowest BCUT2D eigenvalue weighted by molar-refractivity contribution is -0.154. The lowest BCUT2D eigenvalue weighted by Gasteiger charge is -2.18. The van der Waals surface area contributed by atoms with Gasteiger partial charge in [0.25, 0.3) is 0 Å². The van der Waals surface area contributed by atoms with Gasteiger partial charge in [0.05, 0.1) is 19.3 Å². The summed E-state index contributed by atoms with van der Waals surface area (Å²) < 4.78 is 16.1. The molecule has 22 heavy (non-hydrogen) atoms. The Hall–Kier alpha value is -1.43. The second-order valence-corrected chi connectivity index (χ2v) is 5.37. The molecule has 1 heterocycles. The minimum Gasteiger partial charge on any atom is -0.464 e. The van der Waals surface area contributed by atoms with E-state index in [0.29, 0.717) is 26.1 Å². The van der Waals surface area contributed by atoms with Crippen molar-refractivity contribution in [3.63, 3.8) is 0 Å². The predicted octanol–water partition coefficient (Wildman–Crippen LogP) is 2.06. The van der Waals surface area contributed by atoms with Gasteiger partial charge in [-0.15, -0.1) is 0 Å². The topological polar surface area (TPSA) is 68.3 Å². The maximum Gasteiger partial charge on any atom is 0.343 e. The molecular formula is C17H24O5. The first kappa shape index (κ1) is 16.9. The number of carbonyl (C=O) groups is 1. The number of hydrogen-bond acceptors (Lipinski definition) is 5. The van der Waals surface area contributed by atoms with E-state index in [4.69, 9.17) is 14.2 Å². The molecule has 5 nitrogen and oxygen atoms in total. The minimum absolute atomic E-state index is 0.268. The average molecular weight is 308 g/mol. The number of rotatable bonds is 9. The smallest absolute Gasteiger partial charge is 0.343 e. The van der Waals surface area contributed by atoms with E-state index in [9.17, 15) is 9.90 Å². The maximum absolute atomic E-state index is 12.0. The molecule has 0 amide bonds. The molecule has 1 fully saturated rings. The standard InChI is InChI=1S/C17H24O5/c1-3-15-17(22-15,16(19)21-4-2)14(18)10-11-20-12-13-8-6-5-7-9-13/h5-9,14-15,18H,3-4,10-12H2,1-2H3/t14-,15?,17-/m0/s1. The third kappa shape index (κ3) is 3.66. The Morgan fingerprint density at radius 3 is 2.68 bits per heavy atom. The highest BCUT2D eigenvalue weighted by atomic mass is 16.7. The predicted molar refractivity (Wildman–Crippen MR) is 81.2 cm³/mol. The molecule has 1 unspecified atom stereocenters. The van der Waals surface area contributed by atoms with Crippen molar-refractivity contribution in [3.8, 4) is 0 Å². The fourth-order valence-corrected chi connectivity index (χ4v) is 2.61. The Morgan fingerprint density at radius 2 is 2.09 bits per heavy atom. The van der Waals surface area contributed by atoms with Crippen LogP contribution in [0.5, 0.6) is 0 Å². The molecule has 1 N–H and O–H groups in total. The van der Waals surface area contributed by atoms with Crippen molar-refractivity contribution in [3.05, 3.63) is 35.9 Å². The quantitative estimate of drug-likeness (QED) is 0.430. The average Bonchev–Trinajstić information content (AvgIpc) is 3.28. The van der Waals surface area contributed by atoms with E-state index in [1.165, 1.54) is 0 Å². The first-order chi connectivity index (χ1) is 10.6. The van der Waals surface area contributed by atoms with Crippen LogP contribution in [0.3, 0.4) is 0 Å². The molecule has 0 aliphatic carbocycles. The second-order valence-electron chi connectivity index (χ2n) is 5.37. The third-order valence-electron chi connectivity index (χ3n) is 3.87. The van der Waals surface area contributed by atoms with Gasteiger partial charge in [0.15, 0.2) is 0 Å². The van der Waals surface area contributed by atoms with Crippen LogP contribution >= 0.6 is 0 Å². The molecule has 1 aliphatic rings. The van der Waals surface area contributed by atoms with Crippen LogP contribution in [0.4, 0.5) is 0 Å². The number of aliphatic hydroxyl groups excluding tert-OH is 1. The number of carbonyl (C=O) groups excluding carboxylic acids is 1.